The van der Waals surface area contributed by atoms with Gasteiger partial charge in [0.1, 0.15) is 0 Å². The highest BCUT2D eigenvalue weighted by atomic mass is 16.4. The summed E-state index contributed by atoms with van der Waals surface area (Å²) in [6.07, 6.45) is 3.15. The number of Topliss-reactive ketones (excluding diaryl/α,β-unsaturated/α-hetero) is 1. The molecule has 2 heterocycles. The summed E-state index contributed by atoms with van der Waals surface area (Å²) in [6.45, 7) is 4.17. The predicted molar refractivity (Wildman–Crippen MR) is 117 cm³/mol. The molecule has 5 rings (SSSR count). The Morgan fingerprint density at radius 2 is 1.90 bits per heavy atom. The molecule has 3 aromatic rings. The molecule has 1 aliphatic heterocycles. The quantitative estimate of drug-likeness (QED) is 0.480. The van der Waals surface area contributed by atoms with E-state index in [1.807, 2.05) is 30.5 Å². The van der Waals surface area contributed by atoms with E-state index in [4.69, 9.17) is 0 Å². The number of hydrogen-bond donors (Lipinski definition) is 4. The van der Waals surface area contributed by atoms with Gasteiger partial charge >= 0.3 is 5.97 Å². The van der Waals surface area contributed by atoms with E-state index >= 15 is 0 Å². The fraction of sp³-hybridized carbons (Fsp3) is 0.250. The molecule has 0 fully saturated rings. The van der Waals surface area contributed by atoms with Crippen molar-refractivity contribution in [2.24, 2.45) is 5.41 Å². The number of allylic oxidation sites excluding steroid dienone is 1. The average Bonchev–Trinajstić information content (AvgIpc) is 3.03. The van der Waals surface area contributed by atoms with E-state index < -0.39 is 5.97 Å². The maximum Gasteiger partial charge on any atom is 0.335 e. The van der Waals surface area contributed by atoms with Gasteiger partial charge < -0.3 is 20.7 Å². The second-order valence-corrected chi connectivity index (χ2v) is 8.89. The lowest BCUT2D eigenvalue weighted by Crippen LogP contribution is -2.31. The van der Waals surface area contributed by atoms with Crippen LogP contribution in [0.1, 0.15) is 48.7 Å². The highest BCUT2D eigenvalue weighted by Gasteiger charge is 2.39. The van der Waals surface area contributed by atoms with E-state index in [9.17, 15) is 14.7 Å². The number of anilines is 2. The van der Waals surface area contributed by atoms with E-state index in [0.29, 0.717) is 18.5 Å². The SMILES string of the molecule is CC1(C)CC(=O)C2=C(C1)Nc1cc(C(=O)O)ccc1N[C@@H]2c1c[nH]c2ccccc12. The van der Waals surface area contributed by atoms with Gasteiger partial charge in [-0.1, -0.05) is 32.0 Å². The monoisotopic (exact) mass is 401 g/mol. The minimum Gasteiger partial charge on any atom is -0.478 e. The summed E-state index contributed by atoms with van der Waals surface area (Å²) in [7, 11) is 0. The van der Waals surface area contributed by atoms with Crippen molar-refractivity contribution in [2.45, 2.75) is 32.7 Å². The Morgan fingerprint density at radius 3 is 2.70 bits per heavy atom. The second kappa shape index (κ2) is 6.49. The molecule has 0 unspecified atom stereocenters. The Balaban J connectivity index is 1.72. The van der Waals surface area contributed by atoms with Crippen LogP contribution in [0, 0.1) is 5.41 Å². The van der Waals surface area contributed by atoms with E-state index in [1.165, 1.54) is 0 Å². The number of ketones is 1. The van der Waals surface area contributed by atoms with Gasteiger partial charge in [-0.05, 0) is 36.1 Å². The minimum absolute atomic E-state index is 0.114. The standard InChI is InChI=1S/C24H23N3O3/c1-24(2)10-19-21(20(28)11-24)22(15-12-25-16-6-4-3-5-14(15)16)27-17-8-7-13(23(29)30)9-18(17)26-19/h3-9,12,22,25-27H,10-11H2,1-2H3,(H,29,30)/t22-/m1/s1. The molecular formula is C24H23N3O3. The highest BCUT2D eigenvalue weighted by molar-refractivity contribution is 6.02. The Bertz CT molecular complexity index is 1240. The summed E-state index contributed by atoms with van der Waals surface area (Å²) in [4.78, 5) is 28.1. The number of aromatic amines is 1. The summed E-state index contributed by atoms with van der Waals surface area (Å²) >= 11 is 0. The van der Waals surface area contributed by atoms with Crippen LogP contribution in [-0.4, -0.2) is 21.8 Å². The second-order valence-electron chi connectivity index (χ2n) is 8.89. The molecule has 1 atom stereocenters. The van der Waals surface area contributed by atoms with Crippen LogP contribution in [0.5, 0.6) is 0 Å². The van der Waals surface area contributed by atoms with Gasteiger partial charge in [0.05, 0.1) is 23.0 Å². The number of fused-ring (bicyclic) bond motifs is 2. The van der Waals surface area contributed by atoms with E-state index in [0.717, 1.165) is 33.4 Å². The number of aromatic carboxylic acids is 1. The van der Waals surface area contributed by atoms with Crippen LogP contribution in [0.2, 0.25) is 0 Å². The predicted octanol–water partition coefficient (Wildman–Crippen LogP) is 5.09. The Kier molecular flexibility index (Phi) is 4.00. The van der Waals surface area contributed by atoms with Gasteiger partial charge in [-0.25, -0.2) is 4.79 Å². The number of rotatable bonds is 2. The van der Waals surface area contributed by atoms with Crippen LogP contribution in [0.3, 0.4) is 0 Å². The average molecular weight is 401 g/mol. The molecule has 0 radical (unpaired) electrons. The molecule has 152 valence electrons. The van der Waals surface area contributed by atoms with Gasteiger partial charge in [-0.3, -0.25) is 4.79 Å². The molecule has 30 heavy (non-hydrogen) atoms. The lowest BCUT2D eigenvalue weighted by molar-refractivity contribution is -0.118. The van der Waals surface area contributed by atoms with E-state index in [2.05, 4.69) is 29.5 Å². The Labute approximate surface area is 174 Å². The summed E-state index contributed by atoms with van der Waals surface area (Å²) in [5, 5.41) is 17.4. The number of carbonyl (C=O) groups is 2. The largest absolute Gasteiger partial charge is 0.478 e. The number of nitrogens with one attached hydrogen (secondary N) is 3. The molecule has 0 saturated carbocycles. The van der Waals surface area contributed by atoms with Crippen molar-refractivity contribution < 1.29 is 14.7 Å². The van der Waals surface area contributed by atoms with Crippen molar-refractivity contribution in [3.05, 3.63) is 71.1 Å². The molecular weight excluding hydrogens is 378 g/mol. The molecule has 6 nitrogen and oxygen atoms in total. The fourth-order valence-electron chi connectivity index (χ4n) is 4.64. The number of hydrogen-bond acceptors (Lipinski definition) is 4. The summed E-state index contributed by atoms with van der Waals surface area (Å²) in [5.41, 5.74) is 5.10. The molecule has 1 aromatic heterocycles. The van der Waals surface area contributed by atoms with Crippen LogP contribution < -0.4 is 10.6 Å². The third kappa shape index (κ3) is 2.96. The third-order valence-corrected chi connectivity index (χ3v) is 5.99. The van der Waals surface area contributed by atoms with Crippen molar-refractivity contribution in [3.8, 4) is 0 Å². The van der Waals surface area contributed by atoms with Crippen molar-refractivity contribution in [2.75, 3.05) is 10.6 Å². The Hall–Kier alpha value is -3.54. The first kappa shape index (κ1) is 18.5. The molecule has 0 spiro atoms. The molecule has 2 aromatic carbocycles. The van der Waals surface area contributed by atoms with Gasteiger partial charge in [0.25, 0.3) is 0 Å². The van der Waals surface area contributed by atoms with Crippen molar-refractivity contribution in [1.82, 2.24) is 4.98 Å². The van der Waals surface area contributed by atoms with E-state index in [-0.39, 0.29) is 22.8 Å². The van der Waals surface area contributed by atoms with Crippen molar-refractivity contribution >= 4 is 34.0 Å². The van der Waals surface area contributed by atoms with Gasteiger partial charge in [0.2, 0.25) is 0 Å². The number of carbonyl (C=O) groups excluding carboxylic acids is 1. The molecule has 0 amide bonds. The zero-order valence-electron chi connectivity index (χ0n) is 16.9. The van der Waals surface area contributed by atoms with Crippen molar-refractivity contribution in [1.29, 1.82) is 0 Å². The first-order valence-corrected chi connectivity index (χ1v) is 10.1. The third-order valence-electron chi connectivity index (χ3n) is 5.99. The summed E-state index contributed by atoms with van der Waals surface area (Å²) in [6, 6.07) is 12.7. The lowest BCUT2D eigenvalue weighted by atomic mass is 9.73. The molecule has 0 bridgehead atoms. The van der Waals surface area contributed by atoms with Gasteiger partial charge in [0, 0.05) is 40.4 Å². The first-order chi connectivity index (χ1) is 14.3. The van der Waals surface area contributed by atoms with Crippen LogP contribution >= 0.6 is 0 Å². The summed E-state index contributed by atoms with van der Waals surface area (Å²) < 4.78 is 0. The smallest absolute Gasteiger partial charge is 0.335 e. The Morgan fingerprint density at radius 1 is 1.10 bits per heavy atom. The zero-order valence-corrected chi connectivity index (χ0v) is 16.9. The van der Waals surface area contributed by atoms with Gasteiger partial charge in [-0.2, -0.15) is 0 Å². The normalized spacial score (nSPS) is 20.1. The molecule has 2 aliphatic rings. The van der Waals surface area contributed by atoms with Crippen LogP contribution in [0.25, 0.3) is 10.9 Å². The number of benzene rings is 2. The highest BCUT2D eigenvalue weighted by Crippen LogP contribution is 2.46. The summed E-state index contributed by atoms with van der Waals surface area (Å²) in [5.74, 6) is -0.867. The van der Waals surface area contributed by atoms with Gasteiger partial charge in [-0.15, -0.1) is 0 Å². The number of aromatic nitrogens is 1. The molecule has 6 heteroatoms. The molecule has 4 N–H and O–H groups in total. The first-order valence-electron chi connectivity index (χ1n) is 10.1. The number of carboxylic acid groups (broad SMARTS) is 1. The number of H-pyrrole nitrogens is 1. The lowest BCUT2D eigenvalue weighted by Gasteiger charge is -2.34. The zero-order chi connectivity index (χ0) is 21.0. The van der Waals surface area contributed by atoms with Crippen LogP contribution in [-0.2, 0) is 4.79 Å². The minimum atomic E-state index is -0.980. The fourth-order valence-corrected chi connectivity index (χ4v) is 4.64. The molecule has 1 aliphatic carbocycles. The van der Waals surface area contributed by atoms with Crippen LogP contribution in [0.15, 0.2) is 59.9 Å². The maximum atomic E-state index is 13.3. The van der Waals surface area contributed by atoms with Crippen LogP contribution in [0.4, 0.5) is 11.4 Å². The van der Waals surface area contributed by atoms with Gasteiger partial charge in [0.15, 0.2) is 5.78 Å². The van der Waals surface area contributed by atoms with E-state index in [1.54, 1.807) is 18.2 Å². The maximum absolute atomic E-state index is 13.3. The molecule has 0 saturated heterocycles. The number of carboxylic acids is 1. The van der Waals surface area contributed by atoms with Crippen molar-refractivity contribution in [3.63, 3.8) is 0 Å². The topological polar surface area (TPSA) is 94.2 Å². The number of para-hydroxylation sites is 1.